The van der Waals surface area contributed by atoms with Crippen LogP contribution in [0.25, 0.3) is 5.57 Å². The number of carbonyl (C=O) groups is 3. The molecular weight excluding hydrogens is 700 g/mol. The van der Waals surface area contributed by atoms with Gasteiger partial charge in [-0.25, -0.2) is 4.79 Å². The zero-order valence-electron chi connectivity index (χ0n) is 34.3. The number of aliphatic hydroxyl groups excluding tert-OH is 2. The van der Waals surface area contributed by atoms with E-state index in [1.807, 2.05) is 52.8 Å². The SMILES string of the molecule is CCOC(=O)C1(NC(=O)Cc2c(CC)cc(C)cc2OC)CCC(OCC)CC1.CCOC1CCC2(CC1)NC(=O)C(c1c(CC)cc(C)cc1CO)=C2O. The highest BCUT2D eigenvalue weighted by atomic mass is 16.5. The topological polar surface area (TPSA) is 153 Å². The molecule has 0 atom stereocenters. The number of benzene rings is 2. The van der Waals surface area contributed by atoms with Gasteiger partial charge in [0.05, 0.1) is 50.1 Å². The number of aryl methyl sites for hydroxylation is 4. The number of ether oxygens (including phenoxy) is 4. The molecule has 2 aliphatic carbocycles. The van der Waals surface area contributed by atoms with Crippen molar-refractivity contribution in [3.63, 3.8) is 0 Å². The first kappa shape index (κ1) is 43.8. The molecule has 0 radical (unpaired) electrons. The average Bonchev–Trinajstić information content (AvgIpc) is 3.41. The highest BCUT2D eigenvalue weighted by molar-refractivity contribution is 6.24. The zero-order valence-corrected chi connectivity index (χ0v) is 34.3. The molecule has 2 amide bonds. The molecule has 0 aromatic heterocycles. The lowest BCUT2D eigenvalue weighted by Crippen LogP contribution is -2.58. The number of amides is 2. The van der Waals surface area contributed by atoms with Gasteiger partial charge in [0.2, 0.25) is 5.91 Å². The molecule has 1 heterocycles. The lowest BCUT2D eigenvalue weighted by atomic mass is 9.78. The van der Waals surface area contributed by atoms with Gasteiger partial charge in [0.1, 0.15) is 17.0 Å². The summed E-state index contributed by atoms with van der Waals surface area (Å²) in [6, 6.07) is 7.94. The summed E-state index contributed by atoms with van der Waals surface area (Å²) in [5.74, 6) is 0.0539. The van der Waals surface area contributed by atoms with Crippen molar-refractivity contribution in [2.24, 2.45) is 0 Å². The van der Waals surface area contributed by atoms with Crippen molar-refractivity contribution in [2.45, 2.75) is 149 Å². The third-order valence-electron chi connectivity index (χ3n) is 11.3. The van der Waals surface area contributed by atoms with Crippen LogP contribution in [0.3, 0.4) is 0 Å². The van der Waals surface area contributed by atoms with E-state index in [2.05, 4.69) is 23.6 Å². The number of aliphatic hydroxyl groups is 2. The molecule has 2 saturated carbocycles. The van der Waals surface area contributed by atoms with Crippen LogP contribution in [0.1, 0.15) is 125 Å². The molecule has 11 heteroatoms. The largest absolute Gasteiger partial charge is 0.509 e. The minimum Gasteiger partial charge on any atom is -0.509 e. The zero-order chi connectivity index (χ0) is 40.3. The van der Waals surface area contributed by atoms with Crippen molar-refractivity contribution in [2.75, 3.05) is 26.9 Å². The van der Waals surface area contributed by atoms with Crippen molar-refractivity contribution in [1.29, 1.82) is 0 Å². The van der Waals surface area contributed by atoms with Crippen LogP contribution in [0.15, 0.2) is 30.0 Å². The lowest BCUT2D eigenvalue weighted by Gasteiger charge is -2.38. The summed E-state index contributed by atoms with van der Waals surface area (Å²) in [7, 11) is 1.62. The van der Waals surface area contributed by atoms with Crippen molar-refractivity contribution in [3.05, 3.63) is 69.0 Å². The van der Waals surface area contributed by atoms with Gasteiger partial charge in [-0.3, -0.25) is 9.59 Å². The van der Waals surface area contributed by atoms with E-state index in [9.17, 15) is 24.6 Å². The summed E-state index contributed by atoms with van der Waals surface area (Å²) >= 11 is 0. The maximum absolute atomic E-state index is 13.0. The summed E-state index contributed by atoms with van der Waals surface area (Å²) in [6.45, 7) is 15.3. The Hall–Kier alpha value is -3.93. The Balaban J connectivity index is 0.000000246. The summed E-state index contributed by atoms with van der Waals surface area (Å²) in [5.41, 5.74) is 5.13. The first-order valence-corrected chi connectivity index (χ1v) is 20.2. The second kappa shape index (κ2) is 19.8. The fraction of sp³-hybridized carbons (Fsp3) is 0.614. The molecule has 5 rings (SSSR count). The molecule has 1 aliphatic heterocycles. The third kappa shape index (κ3) is 10.1. The highest BCUT2D eigenvalue weighted by Gasteiger charge is 2.49. The van der Waals surface area contributed by atoms with Gasteiger partial charge < -0.3 is 39.8 Å². The molecular formula is C44H64N2O9. The van der Waals surface area contributed by atoms with Crippen LogP contribution in [0.4, 0.5) is 0 Å². The van der Waals surface area contributed by atoms with Crippen LogP contribution in [-0.2, 0) is 54.5 Å². The van der Waals surface area contributed by atoms with E-state index in [1.54, 1.807) is 14.0 Å². The number of nitrogens with one attached hydrogen (secondary N) is 2. The minimum atomic E-state index is -0.981. The summed E-state index contributed by atoms with van der Waals surface area (Å²) in [4.78, 5) is 38.6. The van der Waals surface area contributed by atoms with Crippen LogP contribution < -0.4 is 15.4 Å². The van der Waals surface area contributed by atoms with Crippen LogP contribution in [-0.4, -0.2) is 78.2 Å². The van der Waals surface area contributed by atoms with Crippen LogP contribution >= 0.6 is 0 Å². The molecule has 55 heavy (non-hydrogen) atoms. The fourth-order valence-corrected chi connectivity index (χ4v) is 8.59. The highest BCUT2D eigenvalue weighted by Crippen LogP contribution is 2.43. The smallest absolute Gasteiger partial charge is 0.331 e. The van der Waals surface area contributed by atoms with Crippen molar-refractivity contribution < 1.29 is 43.5 Å². The van der Waals surface area contributed by atoms with E-state index in [-0.39, 0.29) is 55.4 Å². The normalized spacial score (nSPS) is 23.5. The molecule has 0 bridgehead atoms. The summed E-state index contributed by atoms with van der Waals surface area (Å²) < 4.78 is 22.2. The predicted molar refractivity (Wildman–Crippen MR) is 213 cm³/mol. The van der Waals surface area contributed by atoms with Crippen molar-refractivity contribution in [3.8, 4) is 5.75 Å². The van der Waals surface area contributed by atoms with E-state index < -0.39 is 11.1 Å². The molecule has 4 N–H and O–H groups in total. The maximum Gasteiger partial charge on any atom is 0.331 e. The van der Waals surface area contributed by atoms with Gasteiger partial charge in [0, 0.05) is 18.8 Å². The molecule has 304 valence electrons. The quantitative estimate of drug-likeness (QED) is 0.155. The Morgan fingerprint density at radius 2 is 1.36 bits per heavy atom. The van der Waals surface area contributed by atoms with Crippen LogP contribution in [0.2, 0.25) is 0 Å². The van der Waals surface area contributed by atoms with Crippen molar-refractivity contribution >= 4 is 23.4 Å². The molecule has 2 aromatic rings. The van der Waals surface area contributed by atoms with Crippen molar-refractivity contribution in [1.82, 2.24) is 10.6 Å². The van der Waals surface area contributed by atoms with E-state index in [0.717, 1.165) is 66.3 Å². The molecule has 1 spiro atoms. The molecule has 0 saturated heterocycles. The first-order valence-electron chi connectivity index (χ1n) is 20.2. The average molecular weight is 765 g/mol. The summed E-state index contributed by atoms with van der Waals surface area (Å²) in [5, 5.41) is 27.0. The maximum atomic E-state index is 13.0. The van der Waals surface area contributed by atoms with Crippen LogP contribution in [0.5, 0.6) is 5.75 Å². The minimum absolute atomic E-state index is 0.128. The van der Waals surface area contributed by atoms with Gasteiger partial charge in [0.15, 0.2) is 0 Å². The lowest BCUT2D eigenvalue weighted by molar-refractivity contribution is -0.156. The fourth-order valence-electron chi connectivity index (χ4n) is 8.59. The Kier molecular flexibility index (Phi) is 15.8. The summed E-state index contributed by atoms with van der Waals surface area (Å²) in [6.07, 6.45) is 7.47. The van der Waals surface area contributed by atoms with Gasteiger partial charge in [-0.2, -0.15) is 0 Å². The Morgan fingerprint density at radius 3 is 1.89 bits per heavy atom. The van der Waals surface area contributed by atoms with E-state index >= 15 is 0 Å². The number of hydrogen-bond acceptors (Lipinski definition) is 9. The molecule has 0 unspecified atom stereocenters. The van der Waals surface area contributed by atoms with Gasteiger partial charge >= 0.3 is 5.97 Å². The Bertz CT molecular complexity index is 1630. The molecule has 11 nitrogen and oxygen atoms in total. The standard InChI is InChI=1S/C23H35NO5.C21H29NO4/c1-6-17-13-16(4)14-20(27-5)19(17)15-21(25)24-23(22(26)29-8-3)11-9-18(10-12-23)28-7-2;1-4-14-10-13(3)11-15(12-23)17(14)18-19(24)21(22-20(18)25)8-6-16(7-9-21)26-5-2/h13-14,18H,6-12,15H2,1-5H3,(H,24,25);10-11,16,23-24H,4-9,12H2,1-3H3,(H,22,25). The van der Waals surface area contributed by atoms with E-state index in [1.165, 1.54) is 0 Å². The second-order valence-corrected chi connectivity index (χ2v) is 15.0. The van der Waals surface area contributed by atoms with E-state index in [0.29, 0.717) is 61.3 Å². The number of esters is 1. The second-order valence-electron chi connectivity index (χ2n) is 15.0. The monoisotopic (exact) mass is 764 g/mol. The third-order valence-corrected chi connectivity index (χ3v) is 11.3. The van der Waals surface area contributed by atoms with E-state index in [4.69, 9.17) is 18.9 Å². The van der Waals surface area contributed by atoms with Gasteiger partial charge in [-0.15, -0.1) is 0 Å². The Labute approximate surface area is 327 Å². The molecule has 2 aromatic carbocycles. The molecule has 3 aliphatic rings. The van der Waals surface area contributed by atoms with Gasteiger partial charge in [-0.05, 0) is 133 Å². The van der Waals surface area contributed by atoms with Gasteiger partial charge in [-0.1, -0.05) is 37.6 Å². The predicted octanol–water partition coefficient (Wildman–Crippen LogP) is 6.67. The Morgan fingerprint density at radius 1 is 0.818 bits per heavy atom. The first-order chi connectivity index (χ1) is 26.3. The molecule has 2 fully saturated rings. The number of carbonyl (C=O) groups excluding carboxylic acids is 3. The number of rotatable bonds is 14. The van der Waals surface area contributed by atoms with Gasteiger partial charge in [0.25, 0.3) is 5.91 Å². The number of hydrogen-bond donors (Lipinski definition) is 4. The van der Waals surface area contributed by atoms with Crippen LogP contribution in [0, 0.1) is 13.8 Å². The number of methoxy groups -OCH3 is 1.